The number of rotatable bonds is 10. The molecule has 0 spiro atoms. The number of halogens is 2. The maximum absolute atomic E-state index is 12.8. The summed E-state index contributed by atoms with van der Waals surface area (Å²) in [4.78, 5) is 13.4. The number of aromatic nitrogens is 5. The summed E-state index contributed by atoms with van der Waals surface area (Å²) < 4.78 is 37.8. The largest absolute Gasteiger partial charge is 0.486 e. The van der Waals surface area contributed by atoms with Crippen LogP contribution in [0.15, 0.2) is 60.1 Å². The quantitative estimate of drug-likeness (QED) is 0.238. The Morgan fingerprint density at radius 2 is 2.10 bits per heavy atom. The molecule has 3 aliphatic rings. The van der Waals surface area contributed by atoms with Gasteiger partial charge in [0.2, 0.25) is 5.88 Å². The van der Waals surface area contributed by atoms with Crippen molar-refractivity contribution in [3.8, 4) is 11.6 Å². The zero-order chi connectivity index (χ0) is 27.6. The highest BCUT2D eigenvalue weighted by molar-refractivity contribution is 6.15. The lowest BCUT2D eigenvalue weighted by atomic mass is 9.87. The maximum atomic E-state index is 12.8. The van der Waals surface area contributed by atoms with Gasteiger partial charge in [0, 0.05) is 68.4 Å². The molecule has 2 atom stereocenters. The van der Waals surface area contributed by atoms with Gasteiger partial charge in [0.25, 0.3) is 6.43 Å². The zero-order valence-corrected chi connectivity index (χ0v) is 22.2. The van der Waals surface area contributed by atoms with Crippen LogP contribution in [-0.2, 0) is 6.54 Å². The fourth-order valence-electron chi connectivity index (χ4n) is 5.54. The number of fused-ring (bicyclic) bond motifs is 5. The van der Waals surface area contributed by atoms with Crippen molar-refractivity contribution in [2.24, 2.45) is 4.99 Å². The van der Waals surface area contributed by atoms with Gasteiger partial charge in [0.1, 0.15) is 12.4 Å². The summed E-state index contributed by atoms with van der Waals surface area (Å²) in [5, 5.41) is 12.3. The average molecular weight is 549 g/mol. The number of piperazine rings is 1. The molecule has 3 saturated heterocycles. The van der Waals surface area contributed by atoms with E-state index >= 15 is 0 Å². The van der Waals surface area contributed by atoms with Crippen LogP contribution in [0.4, 0.5) is 8.78 Å². The number of nitrogens with one attached hydrogen (secondary N) is 1. The number of hydrogen-bond donors (Lipinski definition) is 1. The van der Waals surface area contributed by atoms with Crippen LogP contribution in [0, 0.1) is 0 Å². The van der Waals surface area contributed by atoms with Crippen molar-refractivity contribution in [1.82, 2.24) is 34.6 Å². The molecule has 0 saturated carbocycles. The molecule has 2 bridgehead atoms. The van der Waals surface area contributed by atoms with Crippen LogP contribution in [0.3, 0.4) is 0 Å². The molecular formula is C28H30F2N8O2. The van der Waals surface area contributed by atoms with Gasteiger partial charge in [-0.3, -0.25) is 15.0 Å². The van der Waals surface area contributed by atoms with Crippen molar-refractivity contribution < 1.29 is 18.3 Å². The number of piperidine rings is 1. The molecule has 208 valence electrons. The maximum Gasteiger partial charge on any atom is 0.272 e. The molecular weight excluding hydrogens is 518 g/mol. The van der Waals surface area contributed by atoms with E-state index in [1.54, 1.807) is 43.3 Å². The van der Waals surface area contributed by atoms with E-state index in [2.05, 4.69) is 47.3 Å². The Morgan fingerprint density at radius 1 is 1.25 bits per heavy atom. The number of H-pyrrole nitrogens is 1. The Morgan fingerprint density at radius 3 is 2.83 bits per heavy atom. The minimum absolute atomic E-state index is 0.295. The van der Waals surface area contributed by atoms with Crippen LogP contribution in [0.1, 0.15) is 17.5 Å². The van der Waals surface area contributed by atoms with Crippen LogP contribution in [-0.4, -0.2) is 93.2 Å². The van der Waals surface area contributed by atoms with E-state index in [0.29, 0.717) is 29.4 Å². The highest BCUT2D eigenvalue weighted by atomic mass is 19.3. The first kappa shape index (κ1) is 25.9. The number of methoxy groups -OCH3 is 1. The molecule has 0 amide bonds. The molecule has 0 aliphatic carbocycles. The topological polar surface area (TPSA) is 96.2 Å². The summed E-state index contributed by atoms with van der Waals surface area (Å²) in [6.07, 6.45) is 11.6. The lowest BCUT2D eigenvalue weighted by Crippen LogP contribution is -2.67. The highest BCUT2D eigenvalue weighted by Crippen LogP contribution is 2.34. The molecule has 1 N–H and O–H groups in total. The molecule has 2 unspecified atom stereocenters. The standard InChI is InChI=1S/C28H30F2N8O2/c1-31-11-19(23-9-22(40-17-25(29)30)16-38-27(23)24-12-33-34-28(24)35-38)4-3-7-36-14-20-8-21(15-36)37(20)13-18-5-6-26(39-2)32-10-18/h3-7,9-12,16,20-21,25H,8,13-15,17H2,1-2H3,(H,34,35)/b7-3+,19-4+,31-11?. The Bertz CT molecular complexity index is 1560. The summed E-state index contributed by atoms with van der Waals surface area (Å²) >= 11 is 0. The van der Waals surface area contributed by atoms with Gasteiger partial charge < -0.3 is 14.4 Å². The minimum Gasteiger partial charge on any atom is -0.486 e. The first-order valence-electron chi connectivity index (χ1n) is 13.1. The van der Waals surface area contributed by atoms with E-state index < -0.39 is 13.0 Å². The van der Waals surface area contributed by atoms with Gasteiger partial charge in [-0.2, -0.15) is 5.10 Å². The molecule has 40 heavy (non-hydrogen) atoms. The number of aromatic amines is 1. The van der Waals surface area contributed by atoms with Crippen molar-refractivity contribution in [2.45, 2.75) is 31.5 Å². The number of hydrogen-bond acceptors (Lipinski definition) is 8. The average Bonchev–Trinajstić information content (AvgIpc) is 3.56. The fourth-order valence-corrected chi connectivity index (χ4v) is 5.54. The number of aliphatic imine (C=N–C) groups is 1. The summed E-state index contributed by atoms with van der Waals surface area (Å²) in [5.41, 5.74) is 4.12. The monoisotopic (exact) mass is 548 g/mol. The van der Waals surface area contributed by atoms with Crippen LogP contribution in [0.2, 0.25) is 0 Å². The van der Waals surface area contributed by atoms with Crippen molar-refractivity contribution in [3.05, 3.63) is 66.3 Å². The van der Waals surface area contributed by atoms with E-state index in [9.17, 15) is 8.78 Å². The van der Waals surface area contributed by atoms with Crippen molar-refractivity contribution >= 4 is 28.3 Å². The third-order valence-corrected chi connectivity index (χ3v) is 7.37. The first-order valence-corrected chi connectivity index (χ1v) is 13.1. The second-order valence-electron chi connectivity index (χ2n) is 9.95. The summed E-state index contributed by atoms with van der Waals surface area (Å²) in [7, 11) is 3.32. The molecule has 0 aromatic carbocycles. The highest BCUT2D eigenvalue weighted by Gasteiger charge is 2.43. The number of nitrogens with zero attached hydrogens (tertiary/aromatic N) is 7. The molecule has 7 heterocycles. The zero-order valence-electron chi connectivity index (χ0n) is 22.2. The van der Waals surface area contributed by atoms with Gasteiger partial charge in [-0.15, -0.1) is 5.10 Å². The Kier molecular flexibility index (Phi) is 7.16. The molecule has 3 fully saturated rings. The molecule has 10 nitrogen and oxygen atoms in total. The van der Waals surface area contributed by atoms with Crippen molar-refractivity contribution in [2.75, 3.05) is 33.9 Å². The second-order valence-corrected chi connectivity index (χ2v) is 9.95. The normalized spacial score (nSPS) is 19.9. The third kappa shape index (κ3) is 5.14. The van der Waals surface area contributed by atoms with Gasteiger partial charge in [-0.05, 0) is 30.3 Å². The molecule has 7 rings (SSSR count). The number of pyridine rings is 2. The van der Waals surface area contributed by atoms with Gasteiger partial charge in [-0.1, -0.05) is 12.1 Å². The van der Waals surface area contributed by atoms with Crippen molar-refractivity contribution in [3.63, 3.8) is 0 Å². The van der Waals surface area contributed by atoms with Crippen LogP contribution >= 0.6 is 0 Å². The predicted octanol–water partition coefficient (Wildman–Crippen LogP) is 3.81. The van der Waals surface area contributed by atoms with E-state index in [4.69, 9.17) is 9.47 Å². The minimum atomic E-state index is -2.58. The Labute approximate surface area is 229 Å². The van der Waals surface area contributed by atoms with E-state index in [-0.39, 0.29) is 0 Å². The summed E-state index contributed by atoms with van der Waals surface area (Å²) in [5.74, 6) is 0.920. The molecule has 4 aromatic heterocycles. The van der Waals surface area contributed by atoms with Gasteiger partial charge >= 0.3 is 0 Å². The lowest BCUT2D eigenvalue weighted by molar-refractivity contribution is -0.0604. The van der Waals surface area contributed by atoms with Crippen LogP contribution in [0.5, 0.6) is 11.6 Å². The molecule has 3 aliphatic heterocycles. The molecule has 0 radical (unpaired) electrons. The molecule has 4 aromatic rings. The summed E-state index contributed by atoms with van der Waals surface area (Å²) in [6.45, 7) is 2.08. The van der Waals surface area contributed by atoms with Gasteiger partial charge in [-0.25, -0.2) is 18.3 Å². The number of allylic oxidation sites excluding steroid dienone is 3. The van der Waals surface area contributed by atoms with E-state index in [1.807, 2.05) is 24.4 Å². The van der Waals surface area contributed by atoms with Crippen LogP contribution < -0.4 is 9.47 Å². The smallest absolute Gasteiger partial charge is 0.272 e. The second kappa shape index (κ2) is 11.0. The molecule has 12 heteroatoms. The van der Waals surface area contributed by atoms with Gasteiger partial charge in [0.15, 0.2) is 5.65 Å². The predicted molar refractivity (Wildman–Crippen MR) is 148 cm³/mol. The fraction of sp³-hybridized carbons (Fsp3) is 0.357. The van der Waals surface area contributed by atoms with E-state index in [0.717, 1.165) is 41.7 Å². The Balaban J connectivity index is 1.20. The number of ether oxygens (including phenoxy) is 2. The van der Waals surface area contributed by atoms with Crippen molar-refractivity contribution in [1.29, 1.82) is 0 Å². The van der Waals surface area contributed by atoms with Gasteiger partial charge in [0.05, 0.1) is 30.4 Å². The number of alkyl halides is 2. The summed E-state index contributed by atoms with van der Waals surface area (Å²) in [6, 6.07) is 6.71. The Hall–Kier alpha value is -4.32. The SMILES string of the molecule is CN=C/C(=C\C=C\N1CC2CC(C1)N2Cc1ccc(OC)nc1)c1cc(OCC(F)F)cn2nc3[nH]ncc3c12. The lowest BCUT2D eigenvalue weighted by Gasteiger charge is -2.56. The van der Waals surface area contributed by atoms with Crippen LogP contribution in [0.25, 0.3) is 22.1 Å². The van der Waals surface area contributed by atoms with E-state index in [1.165, 1.54) is 12.0 Å². The first-order chi connectivity index (χ1) is 19.5. The third-order valence-electron chi connectivity index (χ3n) is 7.37.